The van der Waals surface area contributed by atoms with E-state index in [4.69, 9.17) is 5.73 Å². The molecule has 0 atom stereocenters. The van der Waals surface area contributed by atoms with E-state index in [1.165, 1.54) is 18.4 Å². The van der Waals surface area contributed by atoms with Crippen LogP contribution in [0, 0.1) is 0 Å². The zero-order chi connectivity index (χ0) is 15.5. The number of nitrogens with zero attached hydrogens (tertiary/aromatic N) is 2. The van der Waals surface area contributed by atoms with Crippen LogP contribution in [0.3, 0.4) is 0 Å². The van der Waals surface area contributed by atoms with Crippen molar-refractivity contribution in [2.75, 3.05) is 24.3 Å². The second kappa shape index (κ2) is 7.33. The predicted molar refractivity (Wildman–Crippen MR) is 93.0 cm³/mol. The summed E-state index contributed by atoms with van der Waals surface area (Å²) in [7, 11) is 1.37. The number of hydrogen-bond donors (Lipinski definition) is 1. The molecular weight excluding hydrogens is 314 g/mol. The third-order valence-corrected chi connectivity index (χ3v) is 3.98. The first kappa shape index (κ1) is 17.1. The van der Waals surface area contributed by atoms with Crippen LogP contribution in [0.4, 0.5) is 11.4 Å². The van der Waals surface area contributed by atoms with Crippen LogP contribution in [-0.4, -0.2) is 24.6 Å². The van der Waals surface area contributed by atoms with Crippen molar-refractivity contribution in [2.45, 2.75) is 19.4 Å². The van der Waals surface area contributed by atoms with Gasteiger partial charge in [-0.2, -0.15) is 0 Å². The molecule has 1 aromatic carbocycles. The van der Waals surface area contributed by atoms with E-state index in [0.717, 1.165) is 30.8 Å². The SMILES string of the molecule is COC(=O)c1ccc(CN2CCCc3c(N)cccc32)nc1.Cl. The van der Waals surface area contributed by atoms with Gasteiger partial charge in [-0.15, -0.1) is 12.4 Å². The maximum atomic E-state index is 11.4. The van der Waals surface area contributed by atoms with E-state index in [1.54, 1.807) is 12.3 Å². The summed E-state index contributed by atoms with van der Waals surface area (Å²) in [6.45, 7) is 1.69. The zero-order valence-corrected chi connectivity index (χ0v) is 13.8. The minimum atomic E-state index is -0.366. The van der Waals surface area contributed by atoms with E-state index in [1.807, 2.05) is 18.2 Å². The number of carbonyl (C=O) groups is 1. The summed E-state index contributed by atoms with van der Waals surface area (Å²) >= 11 is 0. The normalized spacial score (nSPS) is 13.0. The van der Waals surface area contributed by atoms with Crippen molar-refractivity contribution in [1.29, 1.82) is 0 Å². The first-order valence-corrected chi connectivity index (χ1v) is 7.34. The average Bonchev–Trinajstić information content (AvgIpc) is 2.56. The Hall–Kier alpha value is -2.27. The van der Waals surface area contributed by atoms with Crippen LogP contribution in [-0.2, 0) is 17.7 Å². The molecule has 122 valence electrons. The minimum Gasteiger partial charge on any atom is -0.465 e. The molecule has 2 aromatic rings. The van der Waals surface area contributed by atoms with Crippen molar-refractivity contribution in [3.63, 3.8) is 0 Å². The lowest BCUT2D eigenvalue weighted by Gasteiger charge is -2.31. The molecule has 0 unspecified atom stereocenters. The van der Waals surface area contributed by atoms with Crippen LogP contribution in [0.15, 0.2) is 36.5 Å². The third kappa shape index (κ3) is 3.56. The van der Waals surface area contributed by atoms with Gasteiger partial charge >= 0.3 is 5.97 Å². The van der Waals surface area contributed by atoms with E-state index in [0.29, 0.717) is 12.1 Å². The number of pyridine rings is 1. The number of esters is 1. The number of ether oxygens (including phenoxy) is 1. The number of methoxy groups -OCH3 is 1. The molecule has 0 saturated heterocycles. The molecule has 0 spiro atoms. The highest BCUT2D eigenvalue weighted by Crippen LogP contribution is 2.31. The van der Waals surface area contributed by atoms with E-state index in [9.17, 15) is 4.79 Å². The summed E-state index contributed by atoms with van der Waals surface area (Å²) < 4.78 is 4.68. The van der Waals surface area contributed by atoms with Crippen LogP contribution < -0.4 is 10.6 Å². The molecule has 0 fully saturated rings. The minimum absolute atomic E-state index is 0. The average molecular weight is 334 g/mol. The van der Waals surface area contributed by atoms with Gasteiger partial charge in [0.1, 0.15) is 0 Å². The topological polar surface area (TPSA) is 68.5 Å². The number of rotatable bonds is 3. The lowest BCUT2D eigenvalue weighted by molar-refractivity contribution is 0.0600. The molecule has 1 aliphatic rings. The maximum absolute atomic E-state index is 11.4. The van der Waals surface area contributed by atoms with Gasteiger partial charge in [-0.25, -0.2) is 4.79 Å². The molecule has 0 radical (unpaired) electrons. The van der Waals surface area contributed by atoms with E-state index >= 15 is 0 Å². The van der Waals surface area contributed by atoms with Gasteiger partial charge in [0.05, 0.1) is 24.9 Å². The van der Waals surface area contributed by atoms with Gasteiger partial charge in [-0.3, -0.25) is 4.98 Å². The first-order chi connectivity index (χ1) is 10.7. The molecule has 0 aliphatic carbocycles. The molecule has 1 aliphatic heterocycles. The van der Waals surface area contributed by atoms with Crippen molar-refractivity contribution >= 4 is 29.8 Å². The molecule has 3 rings (SSSR count). The summed E-state index contributed by atoms with van der Waals surface area (Å²) in [5.41, 5.74) is 10.7. The Kier molecular flexibility index (Phi) is 5.45. The number of benzene rings is 1. The molecule has 0 amide bonds. The van der Waals surface area contributed by atoms with Gasteiger partial charge in [-0.05, 0) is 42.7 Å². The van der Waals surface area contributed by atoms with Crippen molar-refractivity contribution in [3.8, 4) is 0 Å². The van der Waals surface area contributed by atoms with E-state index in [2.05, 4.69) is 20.7 Å². The molecule has 0 saturated carbocycles. The number of carbonyl (C=O) groups excluding carboxylic acids is 1. The number of hydrogen-bond acceptors (Lipinski definition) is 5. The van der Waals surface area contributed by atoms with Crippen molar-refractivity contribution in [1.82, 2.24) is 4.98 Å². The van der Waals surface area contributed by atoms with Crippen LogP contribution >= 0.6 is 12.4 Å². The summed E-state index contributed by atoms with van der Waals surface area (Å²) in [6, 6.07) is 9.66. The van der Waals surface area contributed by atoms with Crippen molar-refractivity contribution in [3.05, 3.63) is 53.3 Å². The molecular formula is C17H20ClN3O2. The fraction of sp³-hybridized carbons (Fsp3) is 0.294. The molecule has 5 nitrogen and oxygen atoms in total. The number of nitrogen functional groups attached to an aromatic ring is 1. The fourth-order valence-electron chi connectivity index (χ4n) is 2.84. The zero-order valence-electron chi connectivity index (χ0n) is 13.0. The summed E-state index contributed by atoms with van der Waals surface area (Å²) in [5, 5.41) is 0. The Morgan fingerprint density at radius 3 is 2.87 bits per heavy atom. The molecule has 0 bridgehead atoms. The quantitative estimate of drug-likeness (QED) is 0.691. The molecule has 2 heterocycles. The first-order valence-electron chi connectivity index (χ1n) is 7.34. The summed E-state index contributed by atoms with van der Waals surface area (Å²) in [6.07, 6.45) is 3.67. The standard InChI is InChI=1S/C17H19N3O2.ClH/c1-22-17(21)12-7-8-13(19-10-12)11-20-9-3-4-14-15(18)5-2-6-16(14)20;/h2,5-8,10H,3-4,9,11,18H2,1H3;1H. The number of nitrogens with two attached hydrogens (primary N) is 1. The maximum Gasteiger partial charge on any atom is 0.339 e. The predicted octanol–water partition coefficient (Wildman–Crippen LogP) is 2.83. The summed E-state index contributed by atoms with van der Waals surface area (Å²) in [4.78, 5) is 18.1. The Balaban J connectivity index is 0.00000192. The summed E-state index contributed by atoms with van der Waals surface area (Å²) in [5.74, 6) is -0.366. The van der Waals surface area contributed by atoms with E-state index in [-0.39, 0.29) is 18.4 Å². The lowest BCUT2D eigenvalue weighted by Crippen LogP contribution is -2.29. The molecule has 23 heavy (non-hydrogen) atoms. The molecule has 6 heteroatoms. The second-order valence-electron chi connectivity index (χ2n) is 5.40. The Morgan fingerprint density at radius 1 is 1.35 bits per heavy atom. The highest BCUT2D eigenvalue weighted by Gasteiger charge is 2.19. The van der Waals surface area contributed by atoms with E-state index < -0.39 is 0 Å². The number of halogens is 1. The highest BCUT2D eigenvalue weighted by molar-refractivity contribution is 5.88. The van der Waals surface area contributed by atoms with Crippen LogP contribution in [0.2, 0.25) is 0 Å². The lowest BCUT2D eigenvalue weighted by atomic mass is 9.99. The fourth-order valence-corrected chi connectivity index (χ4v) is 2.84. The van der Waals surface area contributed by atoms with Gasteiger partial charge in [0, 0.05) is 24.1 Å². The number of aromatic nitrogens is 1. The Bertz CT molecular complexity index is 689. The van der Waals surface area contributed by atoms with Crippen LogP contribution in [0.5, 0.6) is 0 Å². The van der Waals surface area contributed by atoms with Crippen LogP contribution in [0.25, 0.3) is 0 Å². The Labute approximate surface area is 141 Å². The van der Waals surface area contributed by atoms with Gasteiger partial charge in [0.2, 0.25) is 0 Å². The third-order valence-electron chi connectivity index (χ3n) is 3.98. The Morgan fingerprint density at radius 2 is 2.17 bits per heavy atom. The van der Waals surface area contributed by atoms with Gasteiger partial charge in [-0.1, -0.05) is 6.07 Å². The molecule has 1 aromatic heterocycles. The molecule has 2 N–H and O–H groups in total. The highest BCUT2D eigenvalue weighted by atomic mass is 35.5. The van der Waals surface area contributed by atoms with Gasteiger partial charge in [0.25, 0.3) is 0 Å². The smallest absolute Gasteiger partial charge is 0.339 e. The van der Waals surface area contributed by atoms with Crippen molar-refractivity contribution < 1.29 is 9.53 Å². The van der Waals surface area contributed by atoms with Gasteiger partial charge in [0.15, 0.2) is 0 Å². The number of fused-ring (bicyclic) bond motifs is 1. The largest absolute Gasteiger partial charge is 0.465 e. The number of anilines is 2. The van der Waals surface area contributed by atoms with Crippen molar-refractivity contribution in [2.24, 2.45) is 0 Å². The van der Waals surface area contributed by atoms with Crippen LogP contribution in [0.1, 0.15) is 28.0 Å². The van der Waals surface area contributed by atoms with Gasteiger partial charge < -0.3 is 15.4 Å². The monoisotopic (exact) mass is 333 g/mol. The second-order valence-corrected chi connectivity index (χ2v) is 5.40.